The molecule has 1 heterocycles. The van der Waals surface area contributed by atoms with Crippen molar-refractivity contribution >= 4 is 23.2 Å². The summed E-state index contributed by atoms with van der Waals surface area (Å²) < 4.78 is 5.26. The minimum Gasteiger partial charge on any atom is -0.482 e. The van der Waals surface area contributed by atoms with E-state index in [9.17, 15) is 9.59 Å². The molecule has 6 nitrogen and oxygen atoms in total. The number of carbonyl (C=O) groups is 2. The van der Waals surface area contributed by atoms with Crippen molar-refractivity contribution in [1.82, 2.24) is 0 Å². The van der Waals surface area contributed by atoms with Crippen molar-refractivity contribution < 1.29 is 14.3 Å². The van der Waals surface area contributed by atoms with Gasteiger partial charge in [-0.25, -0.2) is 0 Å². The lowest BCUT2D eigenvalue weighted by atomic mass is 10.0. The molecule has 6 heteroatoms. The van der Waals surface area contributed by atoms with Crippen LogP contribution < -0.4 is 21.1 Å². The van der Waals surface area contributed by atoms with E-state index in [1.54, 1.807) is 18.2 Å². The molecular weight excluding hydrogens is 258 g/mol. The third-order valence-electron chi connectivity index (χ3n) is 3.17. The molecule has 0 saturated heterocycles. The van der Waals surface area contributed by atoms with Crippen LogP contribution in [0.3, 0.4) is 0 Å². The summed E-state index contributed by atoms with van der Waals surface area (Å²) in [7, 11) is 0. The van der Waals surface area contributed by atoms with E-state index in [1.807, 2.05) is 6.92 Å². The zero-order valence-electron chi connectivity index (χ0n) is 11.4. The van der Waals surface area contributed by atoms with Crippen LogP contribution in [-0.4, -0.2) is 25.0 Å². The van der Waals surface area contributed by atoms with Gasteiger partial charge >= 0.3 is 0 Å². The van der Waals surface area contributed by atoms with Gasteiger partial charge in [-0.1, -0.05) is 13.3 Å². The first-order valence-electron chi connectivity index (χ1n) is 6.71. The molecule has 1 unspecified atom stereocenters. The van der Waals surface area contributed by atoms with Crippen molar-refractivity contribution in [2.75, 3.05) is 23.8 Å². The Kier molecular flexibility index (Phi) is 4.57. The number of nitrogens with one attached hydrogen (secondary N) is 2. The van der Waals surface area contributed by atoms with Crippen molar-refractivity contribution in [2.45, 2.75) is 19.8 Å². The maximum Gasteiger partial charge on any atom is 0.262 e. The summed E-state index contributed by atoms with van der Waals surface area (Å²) >= 11 is 0. The van der Waals surface area contributed by atoms with Gasteiger partial charge in [-0.15, -0.1) is 0 Å². The quantitative estimate of drug-likeness (QED) is 0.757. The van der Waals surface area contributed by atoms with E-state index in [2.05, 4.69) is 10.6 Å². The third kappa shape index (κ3) is 3.27. The number of rotatable bonds is 5. The maximum atomic E-state index is 12.1. The number of nitrogens with two attached hydrogens (primary N) is 1. The molecule has 1 atom stereocenters. The van der Waals surface area contributed by atoms with E-state index in [1.165, 1.54) is 0 Å². The molecular formula is C14H19N3O3. The van der Waals surface area contributed by atoms with Crippen LogP contribution in [0.4, 0.5) is 11.4 Å². The predicted molar refractivity (Wildman–Crippen MR) is 76.6 cm³/mol. The summed E-state index contributed by atoms with van der Waals surface area (Å²) in [5.74, 6) is 0.109. The highest BCUT2D eigenvalue weighted by Crippen LogP contribution is 2.30. The monoisotopic (exact) mass is 277 g/mol. The van der Waals surface area contributed by atoms with Crippen molar-refractivity contribution in [2.24, 2.45) is 11.7 Å². The third-order valence-corrected chi connectivity index (χ3v) is 3.17. The lowest BCUT2D eigenvalue weighted by molar-refractivity contribution is -0.120. The van der Waals surface area contributed by atoms with Crippen molar-refractivity contribution in [3.8, 4) is 5.75 Å². The lowest BCUT2D eigenvalue weighted by Gasteiger charge is -2.19. The molecule has 0 radical (unpaired) electrons. The predicted octanol–water partition coefficient (Wildman–Crippen LogP) is 1.33. The minimum absolute atomic E-state index is 0.0183. The van der Waals surface area contributed by atoms with Crippen LogP contribution in [0.25, 0.3) is 0 Å². The van der Waals surface area contributed by atoms with Gasteiger partial charge in [0.25, 0.3) is 5.91 Å². The fourth-order valence-corrected chi connectivity index (χ4v) is 2.11. The molecule has 1 aromatic carbocycles. The number of ether oxygens (including phenoxy) is 1. The van der Waals surface area contributed by atoms with Crippen molar-refractivity contribution in [1.29, 1.82) is 0 Å². The Morgan fingerprint density at radius 3 is 3.05 bits per heavy atom. The smallest absolute Gasteiger partial charge is 0.262 e. The van der Waals surface area contributed by atoms with Crippen LogP contribution in [0.2, 0.25) is 0 Å². The van der Waals surface area contributed by atoms with Gasteiger partial charge in [-0.05, 0) is 24.6 Å². The van der Waals surface area contributed by atoms with Gasteiger partial charge in [0.05, 0.1) is 11.6 Å². The van der Waals surface area contributed by atoms with Crippen LogP contribution in [0.5, 0.6) is 5.75 Å². The Morgan fingerprint density at radius 1 is 1.55 bits per heavy atom. The Labute approximate surface area is 117 Å². The normalized spacial score (nSPS) is 14.8. The standard InChI is InChI=1S/C14H19N3O3/c1-2-3-9(7-15)14(19)16-10-4-5-12-11(6-10)17-13(18)8-20-12/h4-6,9H,2-3,7-8,15H2,1H3,(H,16,19)(H,17,18). The van der Waals surface area contributed by atoms with E-state index in [-0.39, 0.29) is 24.3 Å². The molecule has 2 rings (SSSR count). The number of hydrogen-bond donors (Lipinski definition) is 3. The average Bonchev–Trinajstić information content (AvgIpc) is 2.44. The number of anilines is 2. The Hall–Kier alpha value is -2.08. The van der Waals surface area contributed by atoms with Gasteiger partial charge in [-0.2, -0.15) is 0 Å². The number of benzene rings is 1. The Balaban J connectivity index is 2.08. The first-order chi connectivity index (χ1) is 9.63. The second kappa shape index (κ2) is 6.38. The highest BCUT2D eigenvalue weighted by atomic mass is 16.5. The molecule has 1 aliphatic rings. The first-order valence-corrected chi connectivity index (χ1v) is 6.71. The summed E-state index contributed by atoms with van der Waals surface area (Å²) in [5.41, 5.74) is 6.79. The Morgan fingerprint density at radius 2 is 2.35 bits per heavy atom. The van der Waals surface area contributed by atoms with E-state index in [0.29, 0.717) is 23.7 Å². The molecule has 108 valence electrons. The summed E-state index contributed by atoms with van der Waals surface area (Å²) in [6.07, 6.45) is 1.66. The average molecular weight is 277 g/mol. The van der Waals surface area contributed by atoms with E-state index in [4.69, 9.17) is 10.5 Å². The van der Waals surface area contributed by atoms with Crippen LogP contribution in [0, 0.1) is 5.92 Å². The van der Waals surface area contributed by atoms with Crippen LogP contribution in [-0.2, 0) is 9.59 Å². The zero-order valence-corrected chi connectivity index (χ0v) is 11.4. The second-order valence-electron chi connectivity index (χ2n) is 4.76. The van der Waals surface area contributed by atoms with Crippen LogP contribution in [0.1, 0.15) is 19.8 Å². The van der Waals surface area contributed by atoms with Crippen LogP contribution >= 0.6 is 0 Å². The number of fused-ring (bicyclic) bond motifs is 1. The van der Waals surface area contributed by atoms with Gasteiger partial charge in [-0.3, -0.25) is 9.59 Å². The fraction of sp³-hybridized carbons (Fsp3) is 0.429. The number of amides is 2. The highest BCUT2D eigenvalue weighted by Gasteiger charge is 2.19. The fourth-order valence-electron chi connectivity index (χ4n) is 2.11. The zero-order chi connectivity index (χ0) is 14.5. The number of hydrogen-bond acceptors (Lipinski definition) is 4. The Bertz CT molecular complexity index is 516. The van der Waals surface area contributed by atoms with Gasteiger partial charge in [0.2, 0.25) is 5.91 Å². The largest absolute Gasteiger partial charge is 0.482 e. The summed E-state index contributed by atoms with van der Waals surface area (Å²) in [6.45, 7) is 2.36. The molecule has 0 bridgehead atoms. The molecule has 0 aliphatic carbocycles. The molecule has 0 fully saturated rings. The van der Waals surface area contributed by atoms with Gasteiger partial charge in [0.15, 0.2) is 6.61 Å². The minimum atomic E-state index is -0.202. The molecule has 0 saturated carbocycles. The van der Waals surface area contributed by atoms with Gasteiger partial charge in [0, 0.05) is 12.2 Å². The SMILES string of the molecule is CCCC(CN)C(=O)Nc1ccc2c(c1)NC(=O)CO2. The highest BCUT2D eigenvalue weighted by molar-refractivity contribution is 5.98. The summed E-state index contributed by atoms with van der Waals surface area (Å²) in [6, 6.07) is 5.15. The van der Waals surface area contributed by atoms with Crippen LogP contribution in [0.15, 0.2) is 18.2 Å². The lowest BCUT2D eigenvalue weighted by Crippen LogP contribution is -2.29. The topological polar surface area (TPSA) is 93.5 Å². The molecule has 20 heavy (non-hydrogen) atoms. The van der Waals surface area contributed by atoms with Crippen molar-refractivity contribution in [3.05, 3.63) is 18.2 Å². The molecule has 1 aliphatic heterocycles. The van der Waals surface area contributed by atoms with Gasteiger partial charge in [0.1, 0.15) is 5.75 Å². The molecule has 1 aromatic rings. The van der Waals surface area contributed by atoms with E-state index >= 15 is 0 Å². The van der Waals surface area contributed by atoms with E-state index < -0.39 is 0 Å². The molecule has 2 amide bonds. The molecule has 0 spiro atoms. The second-order valence-corrected chi connectivity index (χ2v) is 4.76. The van der Waals surface area contributed by atoms with E-state index in [0.717, 1.165) is 12.8 Å². The summed E-state index contributed by atoms with van der Waals surface area (Å²) in [4.78, 5) is 23.3. The number of carbonyl (C=O) groups excluding carboxylic acids is 2. The molecule has 4 N–H and O–H groups in total. The van der Waals surface area contributed by atoms with Gasteiger partial charge < -0.3 is 21.1 Å². The first kappa shape index (κ1) is 14.3. The van der Waals surface area contributed by atoms with Crippen molar-refractivity contribution in [3.63, 3.8) is 0 Å². The summed E-state index contributed by atoms with van der Waals surface area (Å²) in [5, 5.41) is 5.52. The molecule has 0 aromatic heterocycles. The maximum absolute atomic E-state index is 12.1.